The van der Waals surface area contributed by atoms with Gasteiger partial charge in [-0.05, 0) is 18.4 Å². The van der Waals surface area contributed by atoms with Crippen molar-refractivity contribution in [2.45, 2.75) is 19.8 Å². The van der Waals surface area contributed by atoms with Crippen LogP contribution in [0.4, 0.5) is 11.5 Å². The molecule has 106 valence electrons. The normalized spacial score (nSPS) is 11.4. The van der Waals surface area contributed by atoms with E-state index in [0.29, 0.717) is 18.8 Å². The number of hydrogen-bond acceptors (Lipinski definition) is 6. The lowest BCUT2D eigenvalue weighted by Gasteiger charge is -2.11. The topological polar surface area (TPSA) is 129 Å². The predicted octanol–water partition coefficient (Wildman–Crippen LogP) is 1.77. The van der Waals surface area contributed by atoms with Crippen molar-refractivity contribution in [3.8, 4) is 6.07 Å². The number of nitriles is 1. The van der Waals surface area contributed by atoms with Crippen LogP contribution in [0.1, 0.15) is 25.5 Å². The summed E-state index contributed by atoms with van der Waals surface area (Å²) in [6.07, 6.45) is 0.598. The molecular weight excluding hydrogens is 264 g/mol. The predicted molar refractivity (Wildman–Crippen MR) is 70.1 cm³/mol. The van der Waals surface area contributed by atoms with Crippen molar-refractivity contribution >= 4 is 17.5 Å². The Balaban J connectivity index is 2.63. The van der Waals surface area contributed by atoms with E-state index >= 15 is 0 Å². The second kappa shape index (κ2) is 7.04. The first kappa shape index (κ1) is 15.4. The fraction of sp³-hybridized carbons (Fsp3) is 0.417. The number of hydrogen-bond donors (Lipinski definition) is 2. The van der Waals surface area contributed by atoms with Gasteiger partial charge in [-0.1, -0.05) is 6.92 Å². The lowest BCUT2D eigenvalue weighted by Crippen LogP contribution is -2.14. The summed E-state index contributed by atoms with van der Waals surface area (Å²) in [6, 6.07) is 4.31. The summed E-state index contributed by atoms with van der Waals surface area (Å²) in [5.41, 5.74) is -0.588. The third kappa shape index (κ3) is 4.53. The number of pyridine rings is 1. The third-order valence-corrected chi connectivity index (χ3v) is 2.66. The molecule has 0 fully saturated rings. The van der Waals surface area contributed by atoms with Gasteiger partial charge in [0.2, 0.25) is 5.69 Å². The minimum Gasteiger partial charge on any atom is -0.481 e. The van der Waals surface area contributed by atoms with Crippen molar-refractivity contribution in [3.63, 3.8) is 0 Å². The first-order chi connectivity index (χ1) is 9.43. The first-order valence-corrected chi connectivity index (χ1v) is 5.95. The van der Waals surface area contributed by atoms with Gasteiger partial charge in [-0.2, -0.15) is 5.26 Å². The summed E-state index contributed by atoms with van der Waals surface area (Å²) in [5, 5.41) is 30.9. The van der Waals surface area contributed by atoms with E-state index in [9.17, 15) is 14.9 Å². The van der Waals surface area contributed by atoms with Crippen molar-refractivity contribution < 1.29 is 14.8 Å². The molecule has 0 aliphatic heterocycles. The number of carbonyl (C=O) groups is 1. The zero-order chi connectivity index (χ0) is 15.1. The van der Waals surface area contributed by atoms with Crippen LogP contribution in [-0.2, 0) is 4.79 Å². The van der Waals surface area contributed by atoms with Crippen LogP contribution in [0.3, 0.4) is 0 Å². The average Bonchev–Trinajstić information content (AvgIpc) is 2.42. The Morgan fingerprint density at radius 2 is 2.35 bits per heavy atom. The van der Waals surface area contributed by atoms with Gasteiger partial charge < -0.3 is 10.4 Å². The average molecular weight is 278 g/mol. The summed E-state index contributed by atoms with van der Waals surface area (Å²) < 4.78 is 0. The van der Waals surface area contributed by atoms with Crippen LogP contribution in [0.5, 0.6) is 0 Å². The molecule has 8 heteroatoms. The molecule has 0 radical (unpaired) electrons. The highest BCUT2D eigenvalue weighted by atomic mass is 16.6. The molecule has 1 unspecified atom stereocenters. The van der Waals surface area contributed by atoms with E-state index in [1.165, 1.54) is 12.1 Å². The molecule has 1 aromatic heterocycles. The van der Waals surface area contributed by atoms with E-state index in [1.54, 1.807) is 6.07 Å². The van der Waals surface area contributed by atoms with Gasteiger partial charge in [0.1, 0.15) is 11.9 Å². The molecule has 1 atom stereocenters. The number of carboxylic acids is 1. The lowest BCUT2D eigenvalue weighted by molar-refractivity contribution is -0.385. The van der Waals surface area contributed by atoms with Crippen LogP contribution in [0, 0.1) is 27.4 Å². The van der Waals surface area contributed by atoms with Crippen molar-refractivity contribution in [2.75, 3.05) is 11.9 Å². The van der Waals surface area contributed by atoms with Gasteiger partial charge in [-0.15, -0.1) is 0 Å². The molecule has 0 amide bonds. The number of rotatable bonds is 7. The quantitative estimate of drug-likeness (QED) is 0.574. The molecule has 8 nitrogen and oxygen atoms in total. The lowest BCUT2D eigenvalue weighted by atomic mass is 10.1. The van der Waals surface area contributed by atoms with E-state index in [2.05, 4.69) is 10.3 Å². The van der Waals surface area contributed by atoms with E-state index in [-0.39, 0.29) is 23.7 Å². The zero-order valence-electron chi connectivity index (χ0n) is 10.9. The Bertz CT molecular complexity index is 553. The van der Waals surface area contributed by atoms with E-state index in [4.69, 9.17) is 10.4 Å². The van der Waals surface area contributed by atoms with Crippen LogP contribution >= 0.6 is 0 Å². The smallest absolute Gasteiger partial charge is 0.305 e. The Hall–Kier alpha value is -2.69. The highest BCUT2D eigenvalue weighted by Crippen LogP contribution is 2.18. The van der Waals surface area contributed by atoms with Gasteiger partial charge in [-0.3, -0.25) is 14.9 Å². The van der Waals surface area contributed by atoms with Gasteiger partial charge >= 0.3 is 11.7 Å². The second-order valence-corrected chi connectivity index (χ2v) is 4.35. The summed E-state index contributed by atoms with van der Waals surface area (Å²) >= 11 is 0. The Labute approximate surface area is 115 Å². The second-order valence-electron chi connectivity index (χ2n) is 4.35. The first-order valence-electron chi connectivity index (χ1n) is 5.95. The van der Waals surface area contributed by atoms with Crippen molar-refractivity contribution in [3.05, 3.63) is 27.9 Å². The minimum absolute atomic E-state index is 0.0833. The highest BCUT2D eigenvalue weighted by molar-refractivity contribution is 5.66. The van der Waals surface area contributed by atoms with Crippen LogP contribution in [0.2, 0.25) is 0 Å². The fourth-order valence-corrected chi connectivity index (χ4v) is 1.53. The minimum atomic E-state index is -0.850. The SMILES string of the molecule is CC(CCC(=O)O)CNc1ccc([N+](=O)[O-])c(C#N)n1. The molecule has 0 aliphatic carbocycles. The van der Waals surface area contributed by atoms with Crippen LogP contribution < -0.4 is 5.32 Å². The van der Waals surface area contributed by atoms with Crippen LogP contribution in [-0.4, -0.2) is 27.5 Å². The molecule has 0 spiro atoms. The van der Waals surface area contributed by atoms with Gasteiger partial charge in [-0.25, -0.2) is 4.98 Å². The van der Waals surface area contributed by atoms with Gasteiger partial charge in [0.05, 0.1) is 4.92 Å². The molecule has 0 aromatic carbocycles. The van der Waals surface area contributed by atoms with E-state index in [1.807, 2.05) is 6.92 Å². The number of anilines is 1. The molecule has 0 aliphatic rings. The maximum absolute atomic E-state index is 10.6. The maximum atomic E-state index is 10.6. The molecule has 1 aromatic rings. The molecule has 0 saturated carbocycles. The number of aliphatic carboxylic acids is 1. The van der Waals surface area contributed by atoms with Crippen LogP contribution in [0.15, 0.2) is 12.1 Å². The number of aromatic nitrogens is 1. The van der Waals surface area contributed by atoms with Gasteiger partial charge in [0, 0.05) is 19.0 Å². The van der Waals surface area contributed by atoms with Crippen LogP contribution in [0.25, 0.3) is 0 Å². The number of nitro groups is 1. The summed E-state index contributed by atoms with van der Waals surface area (Å²) in [6.45, 7) is 2.36. The zero-order valence-corrected chi connectivity index (χ0v) is 10.9. The Kier molecular flexibility index (Phi) is 5.41. The fourth-order valence-electron chi connectivity index (χ4n) is 1.53. The number of carboxylic acid groups (broad SMARTS) is 1. The highest BCUT2D eigenvalue weighted by Gasteiger charge is 2.15. The molecule has 1 rings (SSSR count). The van der Waals surface area contributed by atoms with Crippen molar-refractivity contribution in [1.82, 2.24) is 4.98 Å². The Morgan fingerprint density at radius 1 is 1.65 bits per heavy atom. The van der Waals surface area contributed by atoms with E-state index in [0.717, 1.165) is 0 Å². The van der Waals surface area contributed by atoms with Gasteiger partial charge in [0.15, 0.2) is 0 Å². The summed E-state index contributed by atoms with van der Waals surface area (Å²) in [4.78, 5) is 24.3. The van der Waals surface area contributed by atoms with Crippen molar-refractivity contribution in [1.29, 1.82) is 5.26 Å². The maximum Gasteiger partial charge on any atom is 0.305 e. The summed E-state index contributed by atoms with van der Waals surface area (Å²) in [5.74, 6) is -0.389. The number of nitrogens with one attached hydrogen (secondary N) is 1. The van der Waals surface area contributed by atoms with Crippen molar-refractivity contribution in [2.24, 2.45) is 5.92 Å². The van der Waals surface area contributed by atoms with Gasteiger partial charge in [0.25, 0.3) is 0 Å². The number of nitrogens with zero attached hydrogens (tertiary/aromatic N) is 3. The van der Waals surface area contributed by atoms with E-state index < -0.39 is 10.9 Å². The summed E-state index contributed by atoms with van der Waals surface area (Å²) in [7, 11) is 0. The largest absolute Gasteiger partial charge is 0.481 e. The monoisotopic (exact) mass is 278 g/mol. The molecule has 1 heterocycles. The standard InChI is InChI=1S/C12H14N4O4/c1-8(2-5-12(17)18)7-14-11-4-3-10(16(19)20)9(6-13)15-11/h3-4,8H,2,5,7H2,1H3,(H,14,15)(H,17,18). The molecular formula is C12H14N4O4. The molecule has 0 bridgehead atoms. The Morgan fingerprint density at radius 3 is 2.90 bits per heavy atom. The molecule has 20 heavy (non-hydrogen) atoms. The third-order valence-electron chi connectivity index (χ3n) is 2.66. The molecule has 0 saturated heterocycles. The molecule has 2 N–H and O–H groups in total.